The molecule has 0 aliphatic heterocycles. The van der Waals surface area contributed by atoms with Gasteiger partial charge in [0.05, 0.1) is 11.7 Å². The molecule has 1 N–H and O–H groups in total. The number of nitrogens with zero attached hydrogens (tertiary/aromatic N) is 2. The van der Waals surface area contributed by atoms with E-state index >= 15 is 0 Å². The van der Waals surface area contributed by atoms with Crippen molar-refractivity contribution in [3.8, 4) is 0 Å². The normalized spacial score (nSPS) is 12.2. The van der Waals surface area contributed by atoms with Crippen LogP contribution in [-0.4, -0.2) is 10.8 Å². The van der Waals surface area contributed by atoms with E-state index in [0.717, 1.165) is 22.0 Å². The van der Waals surface area contributed by atoms with Crippen molar-refractivity contribution >= 4 is 34.4 Å². The minimum Gasteiger partial charge on any atom is -0.340 e. The standard InChI is InChI=1S/C25H17ClF7N3/c1-12-6-5-8-15-16(13(2)36(24(12)15)11-14-7-3-4-9-17(14)26)10-34-35-23-21(29)19(27)18(25(31,32)33)20(28)22(23)30/h3-10,35H,11H2,1-2H3/b34-10+. The van der Waals surface area contributed by atoms with E-state index in [1.165, 1.54) is 6.21 Å². The highest BCUT2D eigenvalue weighted by Gasteiger charge is 2.42. The monoisotopic (exact) mass is 527 g/mol. The van der Waals surface area contributed by atoms with Crippen molar-refractivity contribution < 1.29 is 30.7 Å². The molecule has 0 aliphatic rings. The summed E-state index contributed by atoms with van der Waals surface area (Å²) in [7, 11) is 0. The van der Waals surface area contributed by atoms with Crippen molar-refractivity contribution in [3.05, 3.63) is 98.7 Å². The number of fused-ring (bicyclic) bond motifs is 1. The van der Waals surface area contributed by atoms with Crippen LogP contribution in [0.3, 0.4) is 0 Å². The number of alkyl halides is 3. The Hall–Kier alpha value is -3.53. The smallest absolute Gasteiger partial charge is 0.340 e. The van der Waals surface area contributed by atoms with Crippen LogP contribution in [0, 0.1) is 37.1 Å². The first-order valence-corrected chi connectivity index (χ1v) is 10.8. The van der Waals surface area contributed by atoms with Gasteiger partial charge in [-0.2, -0.15) is 18.3 Å². The highest BCUT2D eigenvalue weighted by molar-refractivity contribution is 6.31. The van der Waals surface area contributed by atoms with Gasteiger partial charge in [0.15, 0.2) is 23.3 Å². The summed E-state index contributed by atoms with van der Waals surface area (Å²) < 4.78 is 96.6. The van der Waals surface area contributed by atoms with Gasteiger partial charge < -0.3 is 4.57 Å². The minimum absolute atomic E-state index is 0.396. The topological polar surface area (TPSA) is 29.3 Å². The van der Waals surface area contributed by atoms with Crippen LogP contribution < -0.4 is 5.43 Å². The quantitative estimate of drug-likeness (QED) is 0.121. The second-order valence-corrected chi connectivity index (χ2v) is 8.43. The van der Waals surface area contributed by atoms with E-state index in [-0.39, 0.29) is 0 Å². The predicted molar refractivity (Wildman–Crippen MR) is 124 cm³/mol. The number of rotatable bonds is 5. The molecule has 0 spiro atoms. The maximum Gasteiger partial charge on any atom is 0.422 e. The molecule has 0 saturated carbocycles. The second-order valence-electron chi connectivity index (χ2n) is 8.02. The molecule has 1 heterocycles. The van der Waals surface area contributed by atoms with Crippen LogP contribution in [0.15, 0.2) is 47.6 Å². The summed E-state index contributed by atoms with van der Waals surface area (Å²) in [5.41, 5.74) is 1.46. The highest BCUT2D eigenvalue weighted by Crippen LogP contribution is 2.38. The Kier molecular flexibility index (Phi) is 6.74. The van der Waals surface area contributed by atoms with Crippen molar-refractivity contribution in [2.75, 3.05) is 5.43 Å². The van der Waals surface area contributed by atoms with Crippen molar-refractivity contribution in [1.29, 1.82) is 0 Å². The minimum atomic E-state index is -5.63. The summed E-state index contributed by atoms with van der Waals surface area (Å²) in [6.07, 6.45) is -4.46. The molecule has 11 heteroatoms. The van der Waals surface area contributed by atoms with Crippen molar-refractivity contribution in [2.24, 2.45) is 5.10 Å². The number of halogens is 8. The predicted octanol–water partition coefficient (Wildman–Crippen LogP) is 7.98. The lowest BCUT2D eigenvalue weighted by Crippen LogP contribution is -2.16. The second kappa shape index (κ2) is 9.50. The van der Waals surface area contributed by atoms with E-state index in [9.17, 15) is 30.7 Å². The Morgan fingerprint density at radius 1 is 0.917 bits per heavy atom. The van der Waals surface area contributed by atoms with Crippen LogP contribution in [0.4, 0.5) is 36.4 Å². The summed E-state index contributed by atoms with van der Waals surface area (Å²) in [6.45, 7) is 4.06. The lowest BCUT2D eigenvalue weighted by Gasteiger charge is -2.13. The summed E-state index contributed by atoms with van der Waals surface area (Å²) in [4.78, 5) is 0. The molecule has 0 amide bonds. The molecule has 4 rings (SSSR count). The van der Waals surface area contributed by atoms with Crippen LogP contribution >= 0.6 is 11.6 Å². The number of aromatic nitrogens is 1. The molecule has 3 aromatic carbocycles. The third-order valence-corrected chi connectivity index (χ3v) is 6.16. The van der Waals surface area contributed by atoms with Crippen molar-refractivity contribution in [3.63, 3.8) is 0 Å². The summed E-state index contributed by atoms with van der Waals surface area (Å²) >= 11 is 6.32. The van der Waals surface area contributed by atoms with Crippen LogP contribution in [0.25, 0.3) is 10.9 Å². The lowest BCUT2D eigenvalue weighted by molar-refractivity contribution is -0.143. The molecule has 0 atom stereocenters. The van der Waals surface area contributed by atoms with Gasteiger partial charge in [0.1, 0.15) is 11.3 Å². The zero-order valence-corrected chi connectivity index (χ0v) is 19.5. The molecule has 4 aromatic rings. The number of nitrogens with one attached hydrogen (secondary N) is 1. The van der Waals surface area contributed by atoms with Gasteiger partial charge in [0.25, 0.3) is 0 Å². The first-order chi connectivity index (χ1) is 16.9. The first-order valence-electron chi connectivity index (χ1n) is 10.5. The van der Waals surface area contributed by atoms with Gasteiger partial charge in [-0.1, -0.05) is 48.0 Å². The Morgan fingerprint density at radius 2 is 1.56 bits per heavy atom. The van der Waals surface area contributed by atoms with Gasteiger partial charge in [-0.15, -0.1) is 0 Å². The Bertz CT molecular complexity index is 1480. The van der Waals surface area contributed by atoms with Crippen LogP contribution in [0.1, 0.15) is 27.9 Å². The SMILES string of the molecule is Cc1cccc2c(/C=N/Nc3c(F)c(F)c(C(F)(F)F)c(F)c3F)c(C)n(Cc3ccccc3Cl)c12. The summed E-state index contributed by atoms with van der Waals surface area (Å²) in [5.74, 6) is -9.62. The zero-order valence-electron chi connectivity index (χ0n) is 18.7. The van der Waals surface area contributed by atoms with Crippen molar-refractivity contribution in [2.45, 2.75) is 26.6 Å². The third-order valence-electron chi connectivity index (χ3n) is 5.80. The maximum atomic E-state index is 14.2. The summed E-state index contributed by atoms with van der Waals surface area (Å²) in [6, 6.07) is 12.7. The van der Waals surface area contributed by atoms with Gasteiger partial charge in [0.2, 0.25) is 0 Å². The average Bonchev–Trinajstić information content (AvgIpc) is 3.07. The van der Waals surface area contributed by atoms with Crippen LogP contribution in [-0.2, 0) is 12.7 Å². The number of benzene rings is 3. The molecule has 0 aliphatic carbocycles. The van der Waals surface area contributed by atoms with Gasteiger partial charge in [-0.25, -0.2) is 17.6 Å². The lowest BCUT2D eigenvalue weighted by atomic mass is 10.1. The number of hydrogen-bond donors (Lipinski definition) is 1. The Morgan fingerprint density at radius 3 is 2.17 bits per heavy atom. The Labute approximate surface area is 205 Å². The zero-order chi connectivity index (χ0) is 26.4. The first kappa shape index (κ1) is 25.6. The van der Waals surface area contributed by atoms with Gasteiger partial charge in [0, 0.05) is 28.2 Å². The molecule has 1 aromatic heterocycles. The fraction of sp³-hybridized carbons (Fsp3) is 0.160. The largest absolute Gasteiger partial charge is 0.422 e. The van der Waals surface area contributed by atoms with Crippen LogP contribution in [0.2, 0.25) is 5.02 Å². The fourth-order valence-corrected chi connectivity index (χ4v) is 4.24. The van der Waals surface area contributed by atoms with E-state index in [1.807, 2.05) is 29.7 Å². The van der Waals surface area contributed by atoms with E-state index in [4.69, 9.17) is 11.6 Å². The molecule has 0 fully saturated rings. The molecule has 0 bridgehead atoms. The van der Waals surface area contributed by atoms with E-state index in [0.29, 0.717) is 22.8 Å². The molecule has 3 nitrogen and oxygen atoms in total. The molecule has 0 saturated heterocycles. The highest BCUT2D eigenvalue weighted by atomic mass is 35.5. The van der Waals surface area contributed by atoms with E-state index in [1.54, 1.807) is 36.6 Å². The van der Waals surface area contributed by atoms with Crippen molar-refractivity contribution in [1.82, 2.24) is 4.57 Å². The Balaban J connectivity index is 1.76. The van der Waals surface area contributed by atoms with Gasteiger partial charge in [-0.3, -0.25) is 5.43 Å². The number of aryl methyl sites for hydroxylation is 1. The summed E-state index contributed by atoms with van der Waals surface area (Å²) in [5, 5.41) is 4.95. The molecule has 188 valence electrons. The number of hydrogen-bond acceptors (Lipinski definition) is 2. The van der Waals surface area contributed by atoms with Gasteiger partial charge in [-0.05, 0) is 31.0 Å². The molecular formula is C25H17ClF7N3. The maximum absolute atomic E-state index is 14.2. The molecule has 36 heavy (non-hydrogen) atoms. The molecule has 0 unspecified atom stereocenters. The third kappa shape index (κ3) is 4.41. The number of anilines is 1. The number of para-hydroxylation sites is 1. The average molecular weight is 528 g/mol. The van der Waals surface area contributed by atoms with Gasteiger partial charge >= 0.3 is 6.18 Å². The van der Waals surface area contributed by atoms with E-state index in [2.05, 4.69) is 5.10 Å². The van der Waals surface area contributed by atoms with E-state index < -0.39 is 40.7 Å². The molecule has 0 radical (unpaired) electrons. The fourth-order valence-electron chi connectivity index (χ4n) is 4.04. The molecular weight excluding hydrogens is 511 g/mol. The number of hydrazone groups is 1. The van der Waals surface area contributed by atoms with Crippen LogP contribution in [0.5, 0.6) is 0 Å².